The van der Waals surface area contributed by atoms with E-state index in [-0.39, 0.29) is 0 Å². The number of para-hydroxylation sites is 1. The molecule has 4 nitrogen and oxygen atoms in total. The molecule has 1 saturated heterocycles. The highest BCUT2D eigenvalue weighted by molar-refractivity contribution is 5.71. The van der Waals surface area contributed by atoms with E-state index in [0.717, 1.165) is 23.2 Å². The van der Waals surface area contributed by atoms with Gasteiger partial charge in [0.2, 0.25) is 0 Å². The molecule has 2 aromatic rings. The van der Waals surface area contributed by atoms with Crippen LogP contribution in [-0.2, 0) is 13.1 Å². The van der Waals surface area contributed by atoms with E-state index < -0.39 is 6.09 Å². The standard InChI is InChI=1S/C22H28N2O2/c1-17-7-6-8-18(2)21(17)26-22(25)23-15-19-9-11-20(12-10-19)16-24-13-4-3-5-14-24/h6-12H,3-5,13-16H2,1-2H3,(H,23,25). The number of benzene rings is 2. The number of likely N-dealkylation sites (tertiary alicyclic amines) is 1. The number of aryl methyl sites for hydroxylation is 2. The van der Waals surface area contributed by atoms with Crippen molar-refractivity contribution in [1.82, 2.24) is 10.2 Å². The van der Waals surface area contributed by atoms with Crippen molar-refractivity contribution in [2.24, 2.45) is 0 Å². The van der Waals surface area contributed by atoms with Crippen LogP contribution in [0.15, 0.2) is 42.5 Å². The van der Waals surface area contributed by atoms with Gasteiger partial charge in [-0.3, -0.25) is 4.90 Å². The molecule has 3 rings (SSSR count). The second kappa shape index (κ2) is 8.86. The summed E-state index contributed by atoms with van der Waals surface area (Å²) in [5.74, 6) is 0.641. The molecule has 0 saturated carbocycles. The highest BCUT2D eigenvalue weighted by Crippen LogP contribution is 2.22. The van der Waals surface area contributed by atoms with E-state index in [0.29, 0.717) is 12.3 Å². The third kappa shape index (κ3) is 5.09. The second-order valence-corrected chi connectivity index (χ2v) is 7.12. The van der Waals surface area contributed by atoms with Crippen LogP contribution in [0.1, 0.15) is 41.5 Å². The van der Waals surface area contributed by atoms with Crippen molar-refractivity contribution in [3.63, 3.8) is 0 Å². The average Bonchev–Trinajstić information content (AvgIpc) is 2.65. The van der Waals surface area contributed by atoms with Gasteiger partial charge in [0, 0.05) is 13.1 Å². The number of carbonyl (C=O) groups excluding carboxylic acids is 1. The first kappa shape index (κ1) is 18.5. The molecule has 0 radical (unpaired) electrons. The number of ether oxygens (including phenoxy) is 1. The molecule has 1 N–H and O–H groups in total. The van der Waals surface area contributed by atoms with Crippen molar-refractivity contribution in [2.45, 2.75) is 46.2 Å². The normalized spacial score (nSPS) is 14.8. The number of hydrogen-bond donors (Lipinski definition) is 1. The van der Waals surface area contributed by atoms with Gasteiger partial charge in [-0.15, -0.1) is 0 Å². The molecular weight excluding hydrogens is 324 g/mol. The Hall–Kier alpha value is -2.33. The van der Waals surface area contributed by atoms with Gasteiger partial charge in [0.25, 0.3) is 0 Å². The van der Waals surface area contributed by atoms with Crippen molar-refractivity contribution in [1.29, 1.82) is 0 Å². The van der Waals surface area contributed by atoms with Crippen molar-refractivity contribution in [2.75, 3.05) is 13.1 Å². The fraction of sp³-hybridized carbons (Fsp3) is 0.409. The summed E-state index contributed by atoms with van der Waals surface area (Å²) in [6.07, 6.45) is 3.56. The van der Waals surface area contributed by atoms with E-state index in [1.54, 1.807) is 0 Å². The number of nitrogens with one attached hydrogen (secondary N) is 1. The highest BCUT2D eigenvalue weighted by Gasteiger charge is 2.11. The lowest BCUT2D eigenvalue weighted by atomic mass is 10.1. The first-order valence-corrected chi connectivity index (χ1v) is 9.44. The molecular formula is C22H28N2O2. The molecule has 0 spiro atoms. The molecule has 2 aromatic carbocycles. The van der Waals surface area contributed by atoms with Crippen LogP contribution < -0.4 is 10.1 Å². The van der Waals surface area contributed by atoms with E-state index in [1.165, 1.54) is 37.9 Å². The van der Waals surface area contributed by atoms with Crippen molar-refractivity contribution in [3.8, 4) is 5.75 Å². The van der Waals surface area contributed by atoms with Gasteiger partial charge < -0.3 is 10.1 Å². The van der Waals surface area contributed by atoms with Crippen LogP contribution in [0, 0.1) is 13.8 Å². The third-order valence-corrected chi connectivity index (χ3v) is 4.92. The molecule has 0 unspecified atom stereocenters. The summed E-state index contributed by atoms with van der Waals surface area (Å²) in [6, 6.07) is 14.3. The molecule has 0 aliphatic carbocycles. The molecule has 4 heteroatoms. The predicted molar refractivity (Wildman–Crippen MR) is 104 cm³/mol. The quantitative estimate of drug-likeness (QED) is 0.856. The topological polar surface area (TPSA) is 41.6 Å². The van der Waals surface area contributed by atoms with Crippen LogP contribution in [-0.4, -0.2) is 24.1 Å². The fourth-order valence-corrected chi connectivity index (χ4v) is 3.40. The lowest BCUT2D eigenvalue weighted by Crippen LogP contribution is -2.29. The van der Waals surface area contributed by atoms with Crippen molar-refractivity contribution >= 4 is 6.09 Å². The maximum atomic E-state index is 12.1. The minimum Gasteiger partial charge on any atom is -0.410 e. The number of hydrogen-bond acceptors (Lipinski definition) is 3. The zero-order valence-electron chi connectivity index (χ0n) is 15.8. The van der Waals surface area contributed by atoms with Gasteiger partial charge in [-0.2, -0.15) is 0 Å². The van der Waals surface area contributed by atoms with E-state index in [9.17, 15) is 4.79 Å². The van der Waals surface area contributed by atoms with Crippen LogP contribution in [0.2, 0.25) is 0 Å². The fourth-order valence-electron chi connectivity index (χ4n) is 3.40. The molecule has 0 bridgehead atoms. The molecule has 138 valence electrons. The lowest BCUT2D eigenvalue weighted by molar-refractivity contribution is 0.199. The number of piperidine rings is 1. The molecule has 0 atom stereocenters. The van der Waals surface area contributed by atoms with E-state index >= 15 is 0 Å². The summed E-state index contributed by atoms with van der Waals surface area (Å²) in [5.41, 5.74) is 4.32. The summed E-state index contributed by atoms with van der Waals surface area (Å²) in [5, 5.41) is 2.83. The Morgan fingerprint density at radius 2 is 1.58 bits per heavy atom. The summed E-state index contributed by atoms with van der Waals surface area (Å²) in [6.45, 7) is 7.77. The van der Waals surface area contributed by atoms with Gasteiger partial charge in [-0.1, -0.05) is 48.9 Å². The molecule has 1 fully saturated rings. The monoisotopic (exact) mass is 352 g/mol. The summed E-state index contributed by atoms with van der Waals surface area (Å²) in [7, 11) is 0. The minimum absolute atomic E-state index is 0.417. The predicted octanol–water partition coefficient (Wildman–Crippen LogP) is 4.58. The van der Waals surface area contributed by atoms with Crippen LogP contribution in [0.25, 0.3) is 0 Å². The average molecular weight is 352 g/mol. The Morgan fingerprint density at radius 1 is 0.962 bits per heavy atom. The maximum Gasteiger partial charge on any atom is 0.412 e. The van der Waals surface area contributed by atoms with Gasteiger partial charge in [0.15, 0.2) is 0 Å². The zero-order valence-corrected chi connectivity index (χ0v) is 15.8. The minimum atomic E-state index is -0.417. The molecule has 1 aliphatic rings. The first-order chi connectivity index (χ1) is 12.6. The van der Waals surface area contributed by atoms with Crippen molar-refractivity contribution < 1.29 is 9.53 Å². The van der Waals surface area contributed by atoms with Gasteiger partial charge in [0.1, 0.15) is 5.75 Å². The van der Waals surface area contributed by atoms with Gasteiger partial charge in [-0.05, 0) is 62.0 Å². The second-order valence-electron chi connectivity index (χ2n) is 7.12. The van der Waals surface area contributed by atoms with Crippen LogP contribution in [0.3, 0.4) is 0 Å². The van der Waals surface area contributed by atoms with Crippen LogP contribution >= 0.6 is 0 Å². The zero-order chi connectivity index (χ0) is 18.4. The molecule has 0 aromatic heterocycles. The Kier molecular flexibility index (Phi) is 6.29. The third-order valence-electron chi connectivity index (χ3n) is 4.92. The summed E-state index contributed by atoms with van der Waals surface area (Å²) >= 11 is 0. The smallest absolute Gasteiger partial charge is 0.410 e. The van der Waals surface area contributed by atoms with E-state index in [4.69, 9.17) is 4.74 Å². The number of rotatable bonds is 5. The molecule has 1 aliphatic heterocycles. The number of amides is 1. The Morgan fingerprint density at radius 3 is 2.23 bits per heavy atom. The van der Waals surface area contributed by atoms with Gasteiger partial charge in [0.05, 0.1) is 0 Å². The highest BCUT2D eigenvalue weighted by atomic mass is 16.6. The van der Waals surface area contributed by atoms with E-state index in [1.807, 2.05) is 32.0 Å². The number of nitrogens with zero attached hydrogens (tertiary/aromatic N) is 1. The maximum absolute atomic E-state index is 12.1. The van der Waals surface area contributed by atoms with Crippen LogP contribution in [0.5, 0.6) is 5.75 Å². The van der Waals surface area contributed by atoms with Crippen LogP contribution in [0.4, 0.5) is 4.79 Å². The molecule has 1 heterocycles. The van der Waals surface area contributed by atoms with E-state index in [2.05, 4.69) is 34.5 Å². The first-order valence-electron chi connectivity index (χ1n) is 9.44. The Bertz CT molecular complexity index is 714. The lowest BCUT2D eigenvalue weighted by Gasteiger charge is -2.26. The SMILES string of the molecule is Cc1cccc(C)c1OC(=O)NCc1ccc(CN2CCCCC2)cc1. The molecule has 26 heavy (non-hydrogen) atoms. The Labute approximate surface area is 156 Å². The largest absolute Gasteiger partial charge is 0.412 e. The Balaban J connectivity index is 1.49. The van der Waals surface area contributed by atoms with Gasteiger partial charge in [-0.25, -0.2) is 4.79 Å². The number of carbonyl (C=O) groups is 1. The summed E-state index contributed by atoms with van der Waals surface area (Å²) in [4.78, 5) is 14.6. The van der Waals surface area contributed by atoms with Crippen molar-refractivity contribution in [3.05, 3.63) is 64.7 Å². The molecule has 1 amide bonds. The summed E-state index contributed by atoms with van der Waals surface area (Å²) < 4.78 is 5.47. The van der Waals surface area contributed by atoms with Gasteiger partial charge >= 0.3 is 6.09 Å².